The van der Waals surface area contributed by atoms with Gasteiger partial charge in [0, 0.05) is 22.9 Å². The summed E-state index contributed by atoms with van der Waals surface area (Å²) < 4.78 is 0.965. The van der Waals surface area contributed by atoms with Crippen LogP contribution in [0.5, 0.6) is 0 Å². The van der Waals surface area contributed by atoms with Crippen molar-refractivity contribution in [2.75, 3.05) is 6.54 Å². The van der Waals surface area contributed by atoms with E-state index in [2.05, 4.69) is 21.2 Å². The lowest BCUT2D eigenvalue weighted by atomic mass is 9.71. The average molecular weight is 362 g/mol. The zero-order chi connectivity index (χ0) is 15.5. The second-order valence-corrected chi connectivity index (χ2v) is 7.50. The molecule has 1 aromatic rings. The minimum atomic E-state index is -0.865. The Labute approximate surface area is 136 Å². The average Bonchev–Trinajstić information content (AvgIpc) is 3.01. The molecule has 2 N–H and O–H groups in total. The summed E-state index contributed by atoms with van der Waals surface area (Å²) in [5.41, 5.74) is 5.05. The third-order valence-corrected chi connectivity index (χ3v) is 5.98. The van der Waals surface area contributed by atoms with Gasteiger partial charge < -0.3 is 10.4 Å². The molecule has 1 unspecified atom stereocenters. The van der Waals surface area contributed by atoms with Gasteiger partial charge in [0.2, 0.25) is 5.91 Å². The molecule has 114 valence electrons. The minimum Gasteiger partial charge on any atom is -0.478 e. The van der Waals surface area contributed by atoms with Crippen LogP contribution in [-0.2, 0) is 11.2 Å². The van der Waals surface area contributed by atoms with Crippen molar-refractivity contribution < 1.29 is 14.7 Å². The molecular weight excluding hydrogens is 346 g/mol. The zero-order valence-electron chi connectivity index (χ0n) is 12.0. The van der Waals surface area contributed by atoms with Crippen molar-refractivity contribution in [1.29, 1.82) is 0 Å². The highest BCUT2D eigenvalue weighted by Crippen LogP contribution is 2.53. The van der Waals surface area contributed by atoms with Gasteiger partial charge in [0.05, 0.1) is 5.56 Å². The highest BCUT2D eigenvalue weighted by atomic mass is 79.9. The normalized spacial score (nSPS) is 26.1. The number of amides is 1. The fourth-order valence-corrected chi connectivity index (χ4v) is 4.82. The summed E-state index contributed by atoms with van der Waals surface area (Å²) >= 11 is 3.59. The van der Waals surface area contributed by atoms with Gasteiger partial charge in [0.1, 0.15) is 0 Å². The standard InChI is InChI=1S/C17H16BrNO3/c18-13-2-1-10(16(21)22)11-5-9-3-4-17(6-12(9)15(11)13)7-14(20)19-8-17/h1-2H,3-8H2,(H,19,20)(H,21,22). The van der Waals surface area contributed by atoms with Gasteiger partial charge in [-0.2, -0.15) is 0 Å². The first kappa shape index (κ1) is 14.0. The largest absolute Gasteiger partial charge is 0.478 e. The molecule has 0 aromatic heterocycles. The number of rotatable bonds is 1. The molecule has 1 heterocycles. The number of fused-ring (bicyclic) bond motifs is 2. The molecule has 5 heteroatoms. The first-order valence-corrected chi connectivity index (χ1v) is 8.31. The molecule has 1 saturated heterocycles. The molecule has 1 aromatic carbocycles. The van der Waals surface area contributed by atoms with Crippen molar-refractivity contribution in [2.45, 2.75) is 32.1 Å². The molecule has 0 saturated carbocycles. The molecule has 1 amide bonds. The monoisotopic (exact) mass is 361 g/mol. The number of aromatic carboxylic acids is 1. The van der Waals surface area contributed by atoms with Gasteiger partial charge in [-0.15, -0.1) is 0 Å². The van der Waals surface area contributed by atoms with E-state index in [0.29, 0.717) is 12.0 Å². The quantitative estimate of drug-likeness (QED) is 0.807. The molecule has 1 atom stereocenters. The van der Waals surface area contributed by atoms with Gasteiger partial charge in [-0.05, 0) is 54.5 Å². The first-order valence-electron chi connectivity index (χ1n) is 7.52. The zero-order valence-corrected chi connectivity index (χ0v) is 13.6. The van der Waals surface area contributed by atoms with E-state index in [1.807, 2.05) is 6.07 Å². The Morgan fingerprint density at radius 2 is 2.14 bits per heavy atom. The number of carbonyl (C=O) groups is 2. The lowest BCUT2D eigenvalue weighted by Gasteiger charge is -2.33. The molecule has 3 aliphatic rings. The number of carboxylic acid groups (broad SMARTS) is 1. The SMILES string of the molecule is O=C1CC2(CCC3=C(C2)c2c(Br)ccc(C(=O)O)c2C3)CN1. The highest BCUT2D eigenvalue weighted by molar-refractivity contribution is 9.10. The summed E-state index contributed by atoms with van der Waals surface area (Å²) in [7, 11) is 0. The van der Waals surface area contributed by atoms with Crippen LogP contribution in [0.2, 0.25) is 0 Å². The first-order chi connectivity index (χ1) is 10.5. The van der Waals surface area contributed by atoms with Gasteiger partial charge in [-0.25, -0.2) is 4.79 Å². The summed E-state index contributed by atoms with van der Waals surface area (Å²) in [6.45, 7) is 0.744. The number of nitrogens with one attached hydrogen (secondary N) is 1. The van der Waals surface area contributed by atoms with E-state index in [4.69, 9.17) is 0 Å². The lowest BCUT2D eigenvalue weighted by Crippen LogP contribution is -2.27. The molecular formula is C17H16BrNO3. The maximum Gasteiger partial charge on any atom is 0.335 e. The number of carbonyl (C=O) groups excluding carboxylic acids is 1. The Balaban J connectivity index is 1.79. The lowest BCUT2D eigenvalue weighted by molar-refractivity contribution is -0.119. The fraction of sp³-hybridized carbons (Fsp3) is 0.412. The molecule has 0 radical (unpaired) electrons. The number of allylic oxidation sites excluding steroid dienone is 2. The van der Waals surface area contributed by atoms with Crippen LogP contribution in [0.3, 0.4) is 0 Å². The van der Waals surface area contributed by atoms with E-state index in [9.17, 15) is 14.7 Å². The molecule has 4 rings (SSSR count). The van der Waals surface area contributed by atoms with E-state index in [1.54, 1.807) is 6.07 Å². The predicted molar refractivity (Wildman–Crippen MR) is 85.6 cm³/mol. The molecule has 4 nitrogen and oxygen atoms in total. The van der Waals surface area contributed by atoms with Crippen molar-refractivity contribution in [3.05, 3.63) is 38.9 Å². The summed E-state index contributed by atoms with van der Waals surface area (Å²) in [5, 5.41) is 12.4. The van der Waals surface area contributed by atoms with Gasteiger partial charge in [0.15, 0.2) is 0 Å². The fourth-order valence-electron chi connectivity index (χ4n) is 4.21. The third kappa shape index (κ3) is 1.95. The van der Waals surface area contributed by atoms with Gasteiger partial charge in [-0.3, -0.25) is 4.79 Å². The highest BCUT2D eigenvalue weighted by Gasteiger charge is 2.44. The van der Waals surface area contributed by atoms with E-state index in [1.165, 1.54) is 11.1 Å². The Morgan fingerprint density at radius 3 is 2.82 bits per heavy atom. The van der Waals surface area contributed by atoms with Crippen molar-refractivity contribution >= 4 is 33.4 Å². The summed E-state index contributed by atoms with van der Waals surface area (Å²) in [5.74, 6) is -0.725. The topological polar surface area (TPSA) is 66.4 Å². The van der Waals surface area contributed by atoms with Gasteiger partial charge in [0.25, 0.3) is 0 Å². The second kappa shape index (κ2) is 4.69. The molecule has 1 spiro atoms. The van der Waals surface area contributed by atoms with Crippen molar-refractivity contribution in [3.63, 3.8) is 0 Å². The number of carboxylic acids is 1. The molecule has 1 aliphatic heterocycles. The van der Waals surface area contributed by atoms with Crippen LogP contribution in [0.15, 0.2) is 22.2 Å². The van der Waals surface area contributed by atoms with E-state index in [-0.39, 0.29) is 11.3 Å². The Bertz CT molecular complexity index is 753. The maximum atomic E-state index is 11.7. The van der Waals surface area contributed by atoms with Crippen LogP contribution >= 0.6 is 15.9 Å². The smallest absolute Gasteiger partial charge is 0.335 e. The maximum absolute atomic E-state index is 11.7. The third-order valence-electron chi connectivity index (χ3n) is 5.32. The van der Waals surface area contributed by atoms with Crippen LogP contribution in [0.25, 0.3) is 5.57 Å². The number of halogens is 1. The molecule has 22 heavy (non-hydrogen) atoms. The molecule has 2 aliphatic carbocycles. The van der Waals surface area contributed by atoms with E-state index in [0.717, 1.165) is 47.8 Å². The Kier molecular flexibility index (Phi) is 2.98. The van der Waals surface area contributed by atoms with Crippen LogP contribution in [0.1, 0.15) is 47.2 Å². The van der Waals surface area contributed by atoms with Crippen molar-refractivity contribution in [2.24, 2.45) is 5.41 Å². The Morgan fingerprint density at radius 1 is 1.32 bits per heavy atom. The minimum absolute atomic E-state index is 0.0240. The Hall–Kier alpha value is -1.62. The van der Waals surface area contributed by atoms with Crippen LogP contribution in [-0.4, -0.2) is 23.5 Å². The van der Waals surface area contributed by atoms with Crippen molar-refractivity contribution in [3.8, 4) is 0 Å². The summed E-state index contributed by atoms with van der Waals surface area (Å²) in [4.78, 5) is 23.1. The summed E-state index contributed by atoms with van der Waals surface area (Å²) in [6.07, 6.45) is 4.18. The van der Waals surface area contributed by atoms with Crippen LogP contribution in [0.4, 0.5) is 0 Å². The van der Waals surface area contributed by atoms with Gasteiger partial charge >= 0.3 is 5.97 Å². The number of benzene rings is 1. The van der Waals surface area contributed by atoms with E-state index >= 15 is 0 Å². The van der Waals surface area contributed by atoms with Crippen molar-refractivity contribution in [1.82, 2.24) is 5.32 Å². The van der Waals surface area contributed by atoms with Crippen LogP contribution in [0, 0.1) is 5.41 Å². The van der Waals surface area contributed by atoms with Gasteiger partial charge in [-0.1, -0.05) is 21.5 Å². The summed E-state index contributed by atoms with van der Waals surface area (Å²) in [6, 6.07) is 3.51. The number of hydrogen-bond acceptors (Lipinski definition) is 2. The number of hydrogen-bond donors (Lipinski definition) is 2. The molecule has 0 bridgehead atoms. The predicted octanol–water partition coefficient (Wildman–Crippen LogP) is 3.15. The second-order valence-electron chi connectivity index (χ2n) is 6.64. The van der Waals surface area contributed by atoms with E-state index < -0.39 is 5.97 Å². The van der Waals surface area contributed by atoms with Crippen LogP contribution < -0.4 is 5.32 Å². The molecule has 1 fully saturated rings.